The summed E-state index contributed by atoms with van der Waals surface area (Å²) in [7, 11) is -3.23. The summed E-state index contributed by atoms with van der Waals surface area (Å²) < 4.78 is 0. The number of carbonyl (C=O) groups excluding carboxylic acids is 4. The van der Waals surface area contributed by atoms with E-state index in [2.05, 4.69) is 18.7 Å². The van der Waals surface area contributed by atoms with Crippen molar-refractivity contribution in [2.45, 2.75) is 65.2 Å². The Hall–Kier alpha value is -3.35. The molecule has 1 saturated heterocycles. The minimum Gasteiger partial charge on any atom is -0.423 e. The Morgan fingerprint density at radius 1 is 0.825 bits per heavy atom. The molecule has 0 saturated carbocycles. The van der Waals surface area contributed by atoms with Gasteiger partial charge in [0.05, 0.1) is 5.56 Å². The number of Topliss-reactive ketones (excluding diaryl/α,β-unsaturated/α-hetero) is 1. The van der Waals surface area contributed by atoms with Gasteiger partial charge in [0.25, 0.3) is 11.8 Å². The van der Waals surface area contributed by atoms with Crippen LogP contribution in [0.2, 0.25) is 0 Å². The van der Waals surface area contributed by atoms with Gasteiger partial charge in [-0.2, -0.15) is 0 Å². The molecule has 2 amide bonds. The zero-order valence-electron chi connectivity index (χ0n) is 23.0. The third-order valence-electron chi connectivity index (χ3n) is 5.67. The van der Waals surface area contributed by atoms with Crippen molar-refractivity contribution in [3.63, 3.8) is 0 Å². The highest BCUT2D eigenvalue weighted by Gasteiger charge is 2.33. The van der Waals surface area contributed by atoms with Gasteiger partial charge in [0.2, 0.25) is 0 Å². The smallest absolute Gasteiger partial charge is 0.423 e. The molecule has 1 aliphatic heterocycles. The van der Waals surface area contributed by atoms with E-state index in [0.29, 0.717) is 22.5 Å². The molecule has 1 fully saturated rings. The third kappa shape index (κ3) is 12.2. The maximum absolute atomic E-state index is 11.7. The minimum absolute atomic E-state index is 0.0121. The van der Waals surface area contributed by atoms with Crippen LogP contribution in [0.25, 0.3) is 0 Å². The van der Waals surface area contributed by atoms with Crippen molar-refractivity contribution in [2.75, 3.05) is 6.54 Å². The van der Waals surface area contributed by atoms with Gasteiger partial charge < -0.3 is 30.7 Å². The van der Waals surface area contributed by atoms with Gasteiger partial charge in [0, 0.05) is 24.8 Å². The van der Waals surface area contributed by atoms with E-state index in [0.717, 1.165) is 25.8 Å². The predicted molar refractivity (Wildman–Crippen MR) is 151 cm³/mol. The largest absolute Gasteiger partial charge is 0.488 e. The van der Waals surface area contributed by atoms with Gasteiger partial charge in [-0.05, 0) is 42.4 Å². The highest BCUT2D eigenvalue weighted by Crippen LogP contribution is 2.14. The predicted octanol–water partition coefficient (Wildman–Crippen LogP) is 0.462. The first-order chi connectivity index (χ1) is 19.0. The van der Waals surface area contributed by atoms with Crippen LogP contribution in [0.3, 0.4) is 0 Å². The van der Waals surface area contributed by atoms with Gasteiger partial charge in [0.15, 0.2) is 5.78 Å². The highest BCUT2D eigenvalue weighted by atomic mass is 16.7. The van der Waals surface area contributed by atoms with E-state index >= 15 is 0 Å². The maximum Gasteiger partial charge on any atom is 0.488 e. The standard InChI is InChI=1S/C12H17BO3.C11H10BNO6.C4H11N/c1-2-3-4-8-12(14)10-6-5-7-11(9-10)13(15)16;14-9-4-5-10(15)13(9)19-11(16)7-2-1-3-8(6-7)12(17)18;1-2-3-4-5/h5-7,9,15-16H,2-4,8H2,1H3;1-3,6,17-18H,4-5H2;2-5H2,1H3. The summed E-state index contributed by atoms with van der Waals surface area (Å²) in [6.07, 6.45) is 5.97. The Morgan fingerprint density at radius 3 is 1.77 bits per heavy atom. The molecule has 11 nitrogen and oxygen atoms in total. The second kappa shape index (κ2) is 18.9. The van der Waals surface area contributed by atoms with Gasteiger partial charge in [-0.15, -0.1) is 5.06 Å². The van der Waals surface area contributed by atoms with Crippen LogP contribution in [-0.4, -0.2) is 69.5 Å². The van der Waals surface area contributed by atoms with Gasteiger partial charge in [-0.1, -0.05) is 69.5 Å². The molecule has 0 radical (unpaired) electrons. The normalized spacial score (nSPS) is 12.1. The van der Waals surface area contributed by atoms with Crippen molar-refractivity contribution >= 4 is 48.7 Å². The SMILES string of the molecule is CCCCCC(=O)c1cccc(B(O)O)c1.CCCCN.O=C(ON1C(=O)CCC1=O)c1cccc(B(O)O)c1. The number of ketones is 1. The Bertz CT molecular complexity index is 1090. The summed E-state index contributed by atoms with van der Waals surface area (Å²) >= 11 is 0. The highest BCUT2D eigenvalue weighted by molar-refractivity contribution is 6.59. The Morgan fingerprint density at radius 2 is 1.32 bits per heavy atom. The lowest BCUT2D eigenvalue weighted by molar-refractivity contribution is -0.172. The second-order valence-electron chi connectivity index (χ2n) is 8.98. The molecule has 6 N–H and O–H groups in total. The molecule has 13 heteroatoms. The molecule has 0 aromatic heterocycles. The van der Waals surface area contributed by atoms with Crippen LogP contribution in [0.1, 0.15) is 85.9 Å². The molecule has 1 heterocycles. The molecule has 0 bridgehead atoms. The molecular formula is C27H38B2N2O9. The number of nitrogens with zero attached hydrogens (tertiary/aromatic N) is 1. The first kappa shape index (κ1) is 34.7. The zero-order valence-corrected chi connectivity index (χ0v) is 23.0. The molecule has 2 aromatic rings. The molecule has 0 spiro atoms. The van der Waals surface area contributed by atoms with Crippen LogP contribution in [0.5, 0.6) is 0 Å². The van der Waals surface area contributed by atoms with E-state index in [1.54, 1.807) is 24.3 Å². The number of nitrogens with two attached hydrogens (primary N) is 1. The van der Waals surface area contributed by atoms with Gasteiger partial charge in [-0.25, -0.2) is 4.79 Å². The van der Waals surface area contributed by atoms with Crippen molar-refractivity contribution in [1.29, 1.82) is 0 Å². The first-order valence-corrected chi connectivity index (χ1v) is 13.3. The van der Waals surface area contributed by atoms with E-state index in [-0.39, 0.29) is 29.7 Å². The molecule has 3 rings (SSSR count). The van der Waals surface area contributed by atoms with E-state index in [4.69, 9.17) is 25.8 Å². The van der Waals surface area contributed by atoms with Crippen molar-refractivity contribution < 1.29 is 44.1 Å². The maximum atomic E-state index is 11.7. The second-order valence-corrected chi connectivity index (χ2v) is 8.98. The average molecular weight is 556 g/mol. The molecule has 216 valence electrons. The monoisotopic (exact) mass is 556 g/mol. The summed E-state index contributed by atoms with van der Waals surface area (Å²) in [5.74, 6) is -1.99. The lowest BCUT2D eigenvalue weighted by Crippen LogP contribution is -2.33. The lowest BCUT2D eigenvalue weighted by Gasteiger charge is -2.12. The van der Waals surface area contributed by atoms with Gasteiger partial charge in [0.1, 0.15) is 0 Å². The third-order valence-corrected chi connectivity index (χ3v) is 5.67. The number of amides is 2. The fraction of sp³-hybridized carbons (Fsp3) is 0.407. The fourth-order valence-electron chi connectivity index (χ4n) is 3.38. The van der Waals surface area contributed by atoms with Crippen LogP contribution in [0.4, 0.5) is 0 Å². The number of rotatable bonds is 11. The Kier molecular flexibility index (Phi) is 16.3. The number of hydroxylamine groups is 2. The number of hydrogen-bond acceptors (Lipinski definition) is 10. The molecule has 2 aromatic carbocycles. The number of unbranched alkanes of at least 4 members (excludes halogenated alkanes) is 3. The van der Waals surface area contributed by atoms with Crippen LogP contribution >= 0.6 is 0 Å². The first-order valence-electron chi connectivity index (χ1n) is 13.3. The minimum atomic E-state index is -1.72. The summed E-state index contributed by atoms with van der Waals surface area (Å²) in [6, 6.07) is 11.9. The quantitative estimate of drug-likeness (QED) is 0.113. The Labute approximate surface area is 235 Å². The van der Waals surface area contributed by atoms with E-state index in [9.17, 15) is 19.2 Å². The van der Waals surface area contributed by atoms with Crippen molar-refractivity contribution in [2.24, 2.45) is 5.73 Å². The average Bonchev–Trinajstić information content (AvgIpc) is 3.26. The molecule has 1 aliphatic rings. The van der Waals surface area contributed by atoms with Crippen LogP contribution < -0.4 is 16.7 Å². The topological polar surface area (TPSA) is 188 Å². The van der Waals surface area contributed by atoms with E-state index in [1.165, 1.54) is 37.1 Å². The molecular weight excluding hydrogens is 518 g/mol. The van der Waals surface area contributed by atoms with Crippen molar-refractivity contribution in [1.82, 2.24) is 5.06 Å². The number of hydrogen-bond donors (Lipinski definition) is 5. The number of carbonyl (C=O) groups is 4. The number of imide groups is 1. The van der Waals surface area contributed by atoms with Crippen molar-refractivity contribution in [3.8, 4) is 0 Å². The number of benzene rings is 2. The summed E-state index contributed by atoms with van der Waals surface area (Å²) in [5.41, 5.74) is 6.18. The lowest BCUT2D eigenvalue weighted by atomic mass is 9.79. The van der Waals surface area contributed by atoms with E-state index in [1.807, 2.05) is 0 Å². The molecule has 40 heavy (non-hydrogen) atoms. The summed E-state index contributed by atoms with van der Waals surface area (Å²) in [6.45, 7) is 5.07. The van der Waals surface area contributed by atoms with Crippen LogP contribution in [-0.2, 0) is 14.4 Å². The van der Waals surface area contributed by atoms with Gasteiger partial charge >= 0.3 is 20.2 Å². The fourth-order valence-corrected chi connectivity index (χ4v) is 3.38. The molecule has 0 unspecified atom stereocenters. The Balaban J connectivity index is 0.000000347. The van der Waals surface area contributed by atoms with E-state index < -0.39 is 32.0 Å². The zero-order chi connectivity index (χ0) is 30.1. The molecule has 0 aliphatic carbocycles. The summed E-state index contributed by atoms with van der Waals surface area (Å²) in [5, 5.41) is 36.4. The summed E-state index contributed by atoms with van der Waals surface area (Å²) in [4.78, 5) is 50.7. The van der Waals surface area contributed by atoms with Crippen LogP contribution in [0, 0.1) is 0 Å². The van der Waals surface area contributed by atoms with Crippen LogP contribution in [0.15, 0.2) is 48.5 Å². The van der Waals surface area contributed by atoms with Crippen molar-refractivity contribution in [3.05, 3.63) is 59.7 Å². The van der Waals surface area contributed by atoms with Gasteiger partial charge in [-0.3, -0.25) is 14.4 Å². The molecule has 0 atom stereocenters.